The maximum Gasteiger partial charge on any atom is 0.318 e. The van der Waals surface area contributed by atoms with Crippen LogP contribution in [0.3, 0.4) is 0 Å². The molecule has 2 aromatic carbocycles. The SMILES string of the molecule is CNC(=O)Nc1ccc(Cn2c3c(c4cc(F)cc(F)c42)CCCC3CC(=O)OC)cc1. The standard InChI is InChI=1S/C24H25F2N3O3/c1-27-24(31)28-17-8-6-14(7-9-17)13-29-22-15(10-21(30)32-2)4-3-5-18(22)19-11-16(25)12-20(26)23(19)29/h6-9,11-12,15H,3-5,10,13H2,1-2H3,(H2,27,28,31). The van der Waals surface area contributed by atoms with Crippen LogP contribution in [-0.2, 0) is 22.5 Å². The summed E-state index contributed by atoms with van der Waals surface area (Å²) in [6.45, 7) is 0.353. The van der Waals surface area contributed by atoms with E-state index < -0.39 is 11.6 Å². The van der Waals surface area contributed by atoms with Crippen molar-refractivity contribution in [2.24, 2.45) is 0 Å². The Morgan fingerprint density at radius 2 is 1.94 bits per heavy atom. The number of aromatic nitrogens is 1. The van der Waals surface area contributed by atoms with Gasteiger partial charge in [-0.05, 0) is 48.6 Å². The number of amides is 2. The lowest BCUT2D eigenvalue weighted by atomic mass is 9.84. The summed E-state index contributed by atoms with van der Waals surface area (Å²) in [5.74, 6) is -1.69. The molecule has 1 unspecified atom stereocenters. The zero-order chi connectivity index (χ0) is 22.8. The second-order valence-corrected chi connectivity index (χ2v) is 8.00. The first kappa shape index (κ1) is 21.8. The maximum atomic E-state index is 15.0. The van der Waals surface area contributed by atoms with Gasteiger partial charge in [0.2, 0.25) is 0 Å². The fourth-order valence-electron chi connectivity index (χ4n) is 4.60. The molecule has 6 nitrogen and oxygen atoms in total. The number of ether oxygens (including phenoxy) is 1. The van der Waals surface area contributed by atoms with Crippen molar-refractivity contribution in [2.45, 2.75) is 38.1 Å². The van der Waals surface area contributed by atoms with E-state index in [9.17, 15) is 18.4 Å². The van der Waals surface area contributed by atoms with Crippen LogP contribution in [0, 0.1) is 11.6 Å². The smallest absolute Gasteiger partial charge is 0.318 e. The van der Waals surface area contributed by atoms with Gasteiger partial charge >= 0.3 is 12.0 Å². The second kappa shape index (κ2) is 8.98. The number of fused-ring (bicyclic) bond motifs is 3. The van der Waals surface area contributed by atoms with E-state index in [-0.39, 0.29) is 24.3 Å². The van der Waals surface area contributed by atoms with Gasteiger partial charge in [-0.2, -0.15) is 0 Å². The van der Waals surface area contributed by atoms with Gasteiger partial charge in [-0.25, -0.2) is 13.6 Å². The van der Waals surface area contributed by atoms with E-state index in [1.165, 1.54) is 20.2 Å². The van der Waals surface area contributed by atoms with Crippen LogP contribution in [-0.4, -0.2) is 30.7 Å². The topological polar surface area (TPSA) is 72.4 Å². The van der Waals surface area contributed by atoms with E-state index >= 15 is 0 Å². The average Bonchev–Trinajstić information content (AvgIpc) is 3.09. The number of anilines is 1. The van der Waals surface area contributed by atoms with Crippen LogP contribution in [0.1, 0.15) is 42.0 Å². The summed E-state index contributed by atoms with van der Waals surface area (Å²) < 4.78 is 35.8. The molecule has 8 heteroatoms. The molecule has 1 atom stereocenters. The number of hydrogen-bond donors (Lipinski definition) is 2. The summed E-state index contributed by atoms with van der Waals surface area (Å²) in [6, 6.07) is 9.19. The maximum absolute atomic E-state index is 15.0. The molecule has 2 amide bonds. The Bertz CT molecular complexity index is 1170. The number of nitrogens with zero attached hydrogens (tertiary/aromatic N) is 1. The number of benzene rings is 2. The third kappa shape index (κ3) is 4.17. The van der Waals surface area contributed by atoms with Crippen LogP contribution in [0.15, 0.2) is 36.4 Å². The number of aryl methyl sites for hydroxylation is 1. The van der Waals surface area contributed by atoms with Gasteiger partial charge < -0.3 is 19.9 Å². The number of carbonyl (C=O) groups excluding carboxylic acids is 2. The van der Waals surface area contributed by atoms with Crippen LogP contribution in [0.2, 0.25) is 0 Å². The van der Waals surface area contributed by atoms with Crippen LogP contribution >= 0.6 is 0 Å². The van der Waals surface area contributed by atoms with Gasteiger partial charge in [0.25, 0.3) is 0 Å². The highest BCUT2D eigenvalue weighted by molar-refractivity contribution is 5.89. The molecule has 0 spiro atoms. The Hall–Kier alpha value is -3.42. The van der Waals surface area contributed by atoms with Crippen LogP contribution in [0.5, 0.6) is 0 Å². The van der Waals surface area contributed by atoms with Crippen LogP contribution in [0.4, 0.5) is 19.3 Å². The molecule has 1 aromatic heterocycles. The minimum absolute atomic E-state index is 0.129. The number of methoxy groups -OCH3 is 1. The molecule has 1 aliphatic carbocycles. The number of nitrogens with one attached hydrogen (secondary N) is 2. The monoisotopic (exact) mass is 441 g/mol. The van der Waals surface area contributed by atoms with Crippen molar-refractivity contribution < 1.29 is 23.1 Å². The molecular weight excluding hydrogens is 416 g/mol. The Balaban J connectivity index is 1.78. The molecule has 3 aromatic rings. The van der Waals surface area contributed by atoms with E-state index in [0.29, 0.717) is 29.6 Å². The van der Waals surface area contributed by atoms with Crippen LogP contribution < -0.4 is 10.6 Å². The van der Waals surface area contributed by atoms with E-state index in [1.54, 1.807) is 12.1 Å². The Morgan fingerprint density at radius 3 is 2.62 bits per heavy atom. The van der Waals surface area contributed by atoms with Crippen molar-refractivity contribution in [3.05, 3.63) is 64.9 Å². The summed E-state index contributed by atoms with van der Waals surface area (Å²) in [4.78, 5) is 23.5. The number of carbonyl (C=O) groups is 2. The molecule has 4 rings (SSSR count). The molecule has 0 radical (unpaired) electrons. The lowest BCUT2D eigenvalue weighted by molar-refractivity contribution is -0.141. The highest BCUT2D eigenvalue weighted by Crippen LogP contribution is 2.41. The Kier molecular flexibility index (Phi) is 6.12. The molecule has 1 heterocycles. The molecule has 2 N–H and O–H groups in total. The van der Waals surface area contributed by atoms with E-state index in [0.717, 1.165) is 35.7 Å². The molecular formula is C24H25F2N3O3. The second-order valence-electron chi connectivity index (χ2n) is 8.00. The molecule has 0 saturated heterocycles. The number of urea groups is 1. The average molecular weight is 441 g/mol. The molecule has 1 aliphatic rings. The van der Waals surface area contributed by atoms with Gasteiger partial charge in [-0.15, -0.1) is 0 Å². The van der Waals surface area contributed by atoms with Crippen molar-refractivity contribution in [1.82, 2.24) is 9.88 Å². The van der Waals surface area contributed by atoms with Gasteiger partial charge in [-0.3, -0.25) is 4.79 Å². The van der Waals surface area contributed by atoms with Gasteiger partial charge in [0.15, 0.2) is 0 Å². The minimum atomic E-state index is -0.621. The largest absolute Gasteiger partial charge is 0.469 e. The lowest BCUT2D eigenvalue weighted by Crippen LogP contribution is -2.24. The summed E-state index contributed by atoms with van der Waals surface area (Å²) in [6.07, 6.45) is 2.51. The molecule has 0 fully saturated rings. The van der Waals surface area contributed by atoms with Gasteiger partial charge in [-0.1, -0.05) is 12.1 Å². The third-order valence-corrected chi connectivity index (χ3v) is 6.01. The first-order valence-electron chi connectivity index (χ1n) is 10.6. The van der Waals surface area contributed by atoms with E-state index in [2.05, 4.69) is 10.6 Å². The Morgan fingerprint density at radius 1 is 1.19 bits per heavy atom. The van der Waals surface area contributed by atoms with Gasteiger partial charge in [0.1, 0.15) is 11.6 Å². The molecule has 0 bridgehead atoms. The fourth-order valence-corrected chi connectivity index (χ4v) is 4.60. The van der Waals surface area contributed by atoms with Crippen molar-refractivity contribution in [3.63, 3.8) is 0 Å². The van der Waals surface area contributed by atoms with Crippen molar-refractivity contribution in [2.75, 3.05) is 19.5 Å². The Labute approximate surface area is 184 Å². The summed E-state index contributed by atoms with van der Waals surface area (Å²) >= 11 is 0. The fraction of sp³-hybridized carbons (Fsp3) is 0.333. The summed E-state index contributed by atoms with van der Waals surface area (Å²) in [5, 5.41) is 5.75. The number of rotatable bonds is 5. The first-order valence-corrected chi connectivity index (χ1v) is 10.6. The molecule has 168 valence electrons. The zero-order valence-corrected chi connectivity index (χ0v) is 18.0. The third-order valence-electron chi connectivity index (χ3n) is 6.01. The van der Waals surface area contributed by atoms with E-state index in [4.69, 9.17) is 4.74 Å². The lowest BCUT2D eigenvalue weighted by Gasteiger charge is -2.25. The predicted octanol–water partition coefficient (Wildman–Crippen LogP) is 4.70. The predicted molar refractivity (Wildman–Crippen MR) is 118 cm³/mol. The molecule has 0 aliphatic heterocycles. The zero-order valence-electron chi connectivity index (χ0n) is 18.0. The number of halogens is 2. The minimum Gasteiger partial charge on any atom is -0.469 e. The van der Waals surface area contributed by atoms with Crippen molar-refractivity contribution >= 4 is 28.6 Å². The normalized spacial score (nSPS) is 15.3. The highest BCUT2D eigenvalue weighted by Gasteiger charge is 2.31. The van der Waals surface area contributed by atoms with Crippen LogP contribution in [0.25, 0.3) is 10.9 Å². The quantitative estimate of drug-likeness (QED) is 0.564. The number of esters is 1. The molecule has 0 saturated carbocycles. The first-order chi connectivity index (χ1) is 15.4. The van der Waals surface area contributed by atoms with Crippen molar-refractivity contribution in [1.29, 1.82) is 0 Å². The van der Waals surface area contributed by atoms with Gasteiger partial charge in [0, 0.05) is 42.3 Å². The van der Waals surface area contributed by atoms with E-state index in [1.807, 2.05) is 16.7 Å². The summed E-state index contributed by atoms with van der Waals surface area (Å²) in [7, 11) is 2.89. The molecule has 32 heavy (non-hydrogen) atoms. The number of hydrogen-bond acceptors (Lipinski definition) is 3. The van der Waals surface area contributed by atoms with Gasteiger partial charge in [0.05, 0.1) is 19.0 Å². The highest BCUT2D eigenvalue weighted by atomic mass is 19.1. The van der Waals surface area contributed by atoms with Crippen molar-refractivity contribution in [3.8, 4) is 0 Å². The summed E-state index contributed by atoms with van der Waals surface area (Å²) in [5.41, 5.74) is 3.63.